The molecule has 15 heavy (non-hydrogen) atoms. The number of allylic oxidation sites excluding steroid dienone is 4. The smallest absolute Gasteiger partial charge is 0.0408 e. The quantitative estimate of drug-likeness (QED) is 0.517. The monoisotopic (exact) mass is 226 g/mol. The van der Waals surface area contributed by atoms with E-state index in [9.17, 15) is 0 Å². The van der Waals surface area contributed by atoms with E-state index in [-0.39, 0.29) is 0 Å². The van der Waals surface area contributed by atoms with Gasteiger partial charge in [0.25, 0.3) is 0 Å². The first-order valence-corrected chi connectivity index (χ1v) is 6.27. The van der Waals surface area contributed by atoms with Crippen molar-refractivity contribution in [1.29, 1.82) is 0 Å². The Labute approximate surface area is 98.2 Å². The Kier molecular flexibility index (Phi) is 7.53. The van der Waals surface area contributed by atoms with Gasteiger partial charge < -0.3 is 4.55 Å². The standard InChI is InChI=1S/C13H22OS/c1-6-8-13(10(3)7-2)12(5)11(4)9-15-14/h7,14H,2,6,8-9H2,1,3-5H3/b12-11+,13-10-. The molecule has 0 aliphatic rings. The predicted octanol–water partition coefficient (Wildman–Crippen LogP) is 4.83. The summed E-state index contributed by atoms with van der Waals surface area (Å²) in [7, 11) is 0. The van der Waals surface area contributed by atoms with E-state index in [1.54, 1.807) is 0 Å². The molecule has 1 N–H and O–H groups in total. The molecule has 0 rings (SSSR count). The molecule has 0 aliphatic heterocycles. The summed E-state index contributed by atoms with van der Waals surface area (Å²) in [5.74, 6) is 0.684. The van der Waals surface area contributed by atoms with Gasteiger partial charge in [-0.05, 0) is 56.0 Å². The van der Waals surface area contributed by atoms with Gasteiger partial charge in [-0.15, -0.1) is 0 Å². The molecule has 2 heteroatoms. The van der Waals surface area contributed by atoms with Crippen LogP contribution in [0.25, 0.3) is 0 Å². The molecule has 0 amide bonds. The first-order chi connectivity index (χ1) is 7.08. The lowest BCUT2D eigenvalue weighted by Gasteiger charge is -2.13. The molecular formula is C13H22OS. The molecule has 86 valence electrons. The molecule has 0 saturated heterocycles. The third-order valence-electron chi connectivity index (χ3n) is 2.66. The van der Waals surface area contributed by atoms with E-state index in [1.165, 1.54) is 22.3 Å². The number of rotatable bonds is 6. The number of hydrogen-bond donors (Lipinski definition) is 1. The van der Waals surface area contributed by atoms with E-state index in [2.05, 4.69) is 34.3 Å². The summed E-state index contributed by atoms with van der Waals surface area (Å²) >= 11 is 0.887. The van der Waals surface area contributed by atoms with Crippen LogP contribution >= 0.6 is 12.0 Å². The van der Waals surface area contributed by atoms with Gasteiger partial charge in [0.05, 0.1) is 0 Å². The van der Waals surface area contributed by atoms with E-state index < -0.39 is 0 Å². The van der Waals surface area contributed by atoms with Crippen molar-refractivity contribution in [2.24, 2.45) is 0 Å². The van der Waals surface area contributed by atoms with E-state index in [1.807, 2.05) is 6.08 Å². The van der Waals surface area contributed by atoms with Gasteiger partial charge in [0, 0.05) is 5.75 Å². The fraction of sp³-hybridized carbons (Fsp3) is 0.538. The highest BCUT2D eigenvalue weighted by atomic mass is 32.2. The molecule has 0 bridgehead atoms. The summed E-state index contributed by atoms with van der Waals surface area (Å²) in [6.45, 7) is 12.3. The second kappa shape index (κ2) is 7.77. The third kappa shape index (κ3) is 4.72. The lowest BCUT2D eigenvalue weighted by atomic mass is 9.94. The summed E-state index contributed by atoms with van der Waals surface area (Å²) in [4.78, 5) is 0. The average molecular weight is 226 g/mol. The van der Waals surface area contributed by atoms with Crippen LogP contribution in [-0.2, 0) is 0 Å². The third-order valence-corrected chi connectivity index (χ3v) is 3.22. The van der Waals surface area contributed by atoms with Crippen molar-refractivity contribution in [3.63, 3.8) is 0 Å². The van der Waals surface area contributed by atoms with Gasteiger partial charge in [-0.25, -0.2) is 0 Å². The molecule has 0 aromatic rings. The van der Waals surface area contributed by atoms with Crippen molar-refractivity contribution in [1.82, 2.24) is 0 Å². The molecule has 0 aromatic carbocycles. The summed E-state index contributed by atoms with van der Waals surface area (Å²) < 4.78 is 8.84. The van der Waals surface area contributed by atoms with Crippen LogP contribution in [0.2, 0.25) is 0 Å². The minimum atomic E-state index is 0.684. The van der Waals surface area contributed by atoms with Gasteiger partial charge >= 0.3 is 0 Å². The van der Waals surface area contributed by atoms with Gasteiger partial charge in [-0.2, -0.15) is 0 Å². The molecule has 1 nitrogen and oxygen atoms in total. The maximum atomic E-state index is 8.84. The maximum Gasteiger partial charge on any atom is 0.0408 e. The van der Waals surface area contributed by atoms with Crippen molar-refractivity contribution in [2.75, 3.05) is 5.75 Å². The molecule has 0 aliphatic carbocycles. The van der Waals surface area contributed by atoms with Crippen LogP contribution in [0, 0.1) is 0 Å². The first-order valence-electron chi connectivity index (χ1n) is 5.33. The zero-order valence-electron chi connectivity index (χ0n) is 10.3. The van der Waals surface area contributed by atoms with Crippen LogP contribution < -0.4 is 0 Å². The molecule has 0 aromatic heterocycles. The highest BCUT2D eigenvalue weighted by molar-refractivity contribution is 7.93. The summed E-state index contributed by atoms with van der Waals surface area (Å²) in [5, 5.41) is 0. The Morgan fingerprint density at radius 1 is 1.33 bits per heavy atom. The highest BCUT2D eigenvalue weighted by Gasteiger charge is 2.05. The Bertz CT molecular complexity index is 274. The van der Waals surface area contributed by atoms with E-state index >= 15 is 0 Å². The van der Waals surface area contributed by atoms with Crippen LogP contribution in [0.1, 0.15) is 40.5 Å². The van der Waals surface area contributed by atoms with Crippen molar-refractivity contribution in [2.45, 2.75) is 40.5 Å². The summed E-state index contributed by atoms with van der Waals surface area (Å²) in [6.07, 6.45) is 4.13. The topological polar surface area (TPSA) is 20.2 Å². The van der Waals surface area contributed by atoms with Crippen LogP contribution in [0.15, 0.2) is 34.9 Å². The Balaban J connectivity index is 5.09. The minimum Gasteiger partial charge on any atom is -0.330 e. The van der Waals surface area contributed by atoms with Gasteiger partial charge in [-0.3, -0.25) is 0 Å². The first kappa shape index (κ1) is 14.5. The van der Waals surface area contributed by atoms with Crippen LogP contribution in [-0.4, -0.2) is 10.3 Å². The summed E-state index contributed by atoms with van der Waals surface area (Å²) in [6, 6.07) is 0. The molecule has 0 saturated carbocycles. The molecule has 0 fully saturated rings. The molecule has 0 radical (unpaired) electrons. The van der Waals surface area contributed by atoms with Crippen molar-refractivity contribution < 1.29 is 4.55 Å². The highest BCUT2D eigenvalue weighted by Crippen LogP contribution is 2.24. The van der Waals surface area contributed by atoms with E-state index in [4.69, 9.17) is 4.55 Å². The van der Waals surface area contributed by atoms with Crippen LogP contribution in [0.5, 0.6) is 0 Å². The zero-order chi connectivity index (χ0) is 11.8. The fourth-order valence-corrected chi connectivity index (χ4v) is 1.93. The fourth-order valence-electron chi connectivity index (χ4n) is 1.52. The van der Waals surface area contributed by atoms with Gasteiger partial charge in [0.1, 0.15) is 0 Å². The van der Waals surface area contributed by atoms with Crippen LogP contribution in [0.3, 0.4) is 0 Å². The van der Waals surface area contributed by atoms with Gasteiger partial charge in [-0.1, -0.05) is 31.6 Å². The second-order valence-corrected chi connectivity index (χ2v) is 4.34. The molecular weight excluding hydrogens is 204 g/mol. The average Bonchev–Trinajstić information content (AvgIpc) is 2.24. The maximum absolute atomic E-state index is 8.84. The summed E-state index contributed by atoms with van der Waals surface area (Å²) in [5.41, 5.74) is 5.17. The normalized spacial score (nSPS) is 14.5. The Morgan fingerprint density at radius 2 is 1.93 bits per heavy atom. The predicted molar refractivity (Wildman–Crippen MR) is 71.3 cm³/mol. The molecule has 0 atom stereocenters. The number of hydrogen-bond acceptors (Lipinski definition) is 2. The SMILES string of the molecule is C=C/C(C)=C(CCC)\C(C)=C(/C)CSO. The van der Waals surface area contributed by atoms with Gasteiger partial charge in [0.2, 0.25) is 0 Å². The largest absolute Gasteiger partial charge is 0.330 e. The molecule has 0 heterocycles. The minimum absolute atomic E-state index is 0.684. The molecule has 0 unspecified atom stereocenters. The van der Waals surface area contributed by atoms with Gasteiger partial charge in [0.15, 0.2) is 0 Å². The second-order valence-electron chi connectivity index (χ2n) is 3.79. The van der Waals surface area contributed by atoms with Crippen LogP contribution in [0.4, 0.5) is 0 Å². The van der Waals surface area contributed by atoms with Crippen molar-refractivity contribution >= 4 is 12.0 Å². The Hall–Kier alpha value is -0.470. The van der Waals surface area contributed by atoms with Crippen molar-refractivity contribution in [3.8, 4) is 0 Å². The lowest BCUT2D eigenvalue weighted by Crippen LogP contribution is -1.95. The molecule has 0 spiro atoms. The Morgan fingerprint density at radius 3 is 2.33 bits per heavy atom. The van der Waals surface area contributed by atoms with E-state index in [0.29, 0.717) is 5.75 Å². The lowest BCUT2D eigenvalue weighted by molar-refractivity contribution is 0.665. The van der Waals surface area contributed by atoms with Crippen molar-refractivity contribution in [3.05, 3.63) is 34.9 Å². The zero-order valence-corrected chi connectivity index (χ0v) is 11.1. The van der Waals surface area contributed by atoms with E-state index in [0.717, 1.165) is 24.9 Å².